The number of benzene rings is 1. The Hall–Kier alpha value is -3.36. The van der Waals surface area contributed by atoms with Crippen LogP contribution in [-0.2, 0) is 17.5 Å². The molecule has 0 N–H and O–H groups in total. The molecule has 6 nitrogen and oxygen atoms in total. The summed E-state index contributed by atoms with van der Waals surface area (Å²) in [5, 5.41) is 4.68. The van der Waals surface area contributed by atoms with Crippen molar-refractivity contribution >= 4 is 27.8 Å². The van der Waals surface area contributed by atoms with Crippen LogP contribution < -0.4 is 0 Å². The Balaban J connectivity index is 1.97. The van der Waals surface area contributed by atoms with Crippen molar-refractivity contribution in [2.45, 2.75) is 26.6 Å². The Labute approximate surface area is 162 Å². The summed E-state index contributed by atoms with van der Waals surface area (Å²) >= 11 is 0. The molecule has 0 aliphatic carbocycles. The minimum atomic E-state index is -4.82. The normalized spacial score (nSPS) is 12.0. The number of rotatable bonds is 4. The maximum absolute atomic E-state index is 13.9. The van der Waals surface area contributed by atoms with Gasteiger partial charge in [-0.1, -0.05) is 0 Å². The fourth-order valence-electron chi connectivity index (χ4n) is 3.32. The van der Waals surface area contributed by atoms with Crippen molar-refractivity contribution in [1.29, 1.82) is 0 Å². The van der Waals surface area contributed by atoms with Crippen molar-refractivity contribution in [2.24, 2.45) is 0 Å². The molecule has 4 aromatic rings. The van der Waals surface area contributed by atoms with Crippen LogP contribution in [0.15, 0.2) is 41.2 Å². The van der Waals surface area contributed by atoms with Crippen molar-refractivity contribution in [1.82, 2.24) is 14.8 Å². The number of fused-ring (bicyclic) bond motifs is 3. The minimum absolute atomic E-state index is 0.0560. The molecule has 150 valence electrons. The van der Waals surface area contributed by atoms with Crippen LogP contribution in [0.1, 0.15) is 34.2 Å². The van der Waals surface area contributed by atoms with E-state index < -0.39 is 23.5 Å². The van der Waals surface area contributed by atoms with Gasteiger partial charge in [-0.05, 0) is 43.2 Å². The predicted molar refractivity (Wildman–Crippen MR) is 98.5 cm³/mol. The number of carbonyl (C=O) groups excluding carboxylic acids is 1. The van der Waals surface area contributed by atoms with Crippen LogP contribution in [0.25, 0.3) is 21.9 Å². The second-order valence-corrected chi connectivity index (χ2v) is 6.54. The number of aromatic nitrogens is 3. The summed E-state index contributed by atoms with van der Waals surface area (Å²) in [5.74, 6) is -2.01. The monoisotopic (exact) mass is 403 g/mol. The largest absolute Gasteiger partial charge is 0.460 e. The first-order valence-corrected chi connectivity index (χ1v) is 8.86. The van der Waals surface area contributed by atoms with E-state index in [9.17, 15) is 18.0 Å². The molecule has 4 rings (SSSR count). The summed E-state index contributed by atoms with van der Waals surface area (Å²) in [6.45, 7) is 3.56. The molecule has 0 spiro atoms. The van der Waals surface area contributed by atoms with Crippen molar-refractivity contribution in [2.75, 3.05) is 6.61 Å². The minimum Gasteiger partial charge on any atom is -0.460 e. The van der Waals surface area contributed by atoms with E-state index in [2.05, 4.69) is 10.1 Å². The van der Waals surface area contributed by atoms with Gasteiger partial charge in [0.05, 0.1) is 18.5 Å². The second-order valence-electron chi connectivity index (χ2n) is 6.54. The van der Waals surface area contributed by atoms with Gasteiger partial charge in [-0.15, -0.1) is 0 Å². The number of aryl methyl sites for hydroxylation is 1. The number of carbonyl (C=O) groups is 1. The number of hydrogen-bond donors (Lipinski definition) is 0. The van der Waals surface area contributed by atoms with E-state index in [4.69, 9.17) is 9.15 Å². The van der Waals surface area contributed by atoms with E-state index >= 15 is 0 Å². The lowest BCUT2D eigenvalue weighted by molar-refractivity contribution is -0.137. The third kappa shape index (κ3) is 3.32. The van der Waals surface area contributed by atoms with Crippen molar-refractivity contribution in [3.05, 3.63) is 59.2 Å². The summed E-state index contributed by atoms with van der Waals surface area (Å²) in [7, 11) is 0. The Kier molecular flexibility index (Phi) is 4.52. The van der Waals surface area contributed by atoms with Crippen LogP contribution in [-0.4, -0.2) is 27.3 Å². The smallest absolute Gasteiger partial charge is 0.421 e. The lowest BCUT2D eigenvalue weighted by Crippen LogP contribution is -2.13. The Bertz CT molecular complexity index is 1210. The van der Waals surface area contributed by atoms with Crippen LogP contribution in [0.3, 0.4) is 0 Å². The highest BCUT2D eigenvalue weighted by molar-refractivity contribution is 6.10. The molecule has 0 atom stereocenters. The highest BCUT2D eigenvalue weighted by atomic mass is 19.4. The summed E-state index contributed by atoms with van der Waals surface area (Å²) in [5.41, 5.74) is 0.494. The van der Waals surface area contributed by atoms with Crippen LogP contribution in [0.4, 0.5) is 13.2 Å². The molecular formula is C20H16F3N3O3. The molecular weight excluding hydrogens is 387 g/mol. The number of furan rings is 1. The number of nitrogens with zero attached hydrogens (tertiary/aromatic N) is 3. The maximum Gasteiger partial charge on any atom is 0.421 e. The molecule has 0 radical (unpaired) electrons. The number of ether oxygens (including phenoxy) is 1. The van der Waals surface area contributed by atoms with Gasteiger partial charge in [0.1, 0.15) is 16.7 Å². The topological polar surface area (TPSA) is 70.2 Å². The third-order valence-corrected chi connectivity index (χ3v) is 4.54. The molecule has 0 amide bonds. The van der Waals surface area contributed by atoms with Gasteiger partial charge in [-0.25, -0.2) is 4.79 Å². The van der Waals surface area contributed by atoms with Gasteiger partial charge in [0, 0.05) is 24.0 Å². The third-order valence-electron chi connectivity index (χ3n) is 4.54. The number of esters is 1. The number of pyridine rings is 1. The molecule has 3 aromatic heterocycles. The molecule has 29 heavy (non-hydrogen) atoms. The van der Waals surface area contributed by atoms with Crippen molar-refractivity contribution in [3.8, 4) is 0 Å². The predicted octanol–water partition coefficient (Wildman–Crippen LogP) is 4.73. The molecule has 3 heterocycles. The van der Waals surface area contributed by atoms with Gasteiger partial charge in [0.15, 0.2) is 0 Å². The Morgan fingerprint density at radius 2 is 2.00 bits per heavy atom. The zero-order valence-corrected chi connectivity index (χ0v) is 15.6. The Morgan fingerprint density at radius 1 is 1.28 bits per heavy atom. The lowest BCUT2D eigenvalue weighted by atomic mass is 10.0. The average molecular weight is 403 g/mol. The van der Waals surface area contributed by atoms with Gasteiger partial charge in [-0.2, -0.15) is 18.3 Å². The van der Waals surface area contributed by atoms with Crippen LogP contribution >= 0.6 is 0 Å². The van der Waals surface area contributed by atoms with Gasteiger partial charge < -0.3 is 9.15 Å². The standard InChI is InChI=1S/C20H16F3N3O3/c1-3-28-19(27)18-16(20(21,22)23)15-14(29-18)8-11(2)13-10-26(25-17(13)15)9-12-4-6-24-7-5-12/h4-8,10H,3,9H2,1-2H3. The molecule has 0 saturated heterocycles. The van der Waals surface area contributed by atoms with Crippen molar-refractivity contribution in [3.63, 3.8) is 0 Å². The van der Waals surface area contributed by atoms with E-state index in [-0.39, 0.29) is 23.1 Å². The van der Waals surface area contributed by atoms with Crippen LogP contribution in [0, 0.1) is 6.92 Å². The summed E-state index contributed by atoms with van der Waals surface area (Å²) in [6, 6.07) is 5.08. The quantitative estimate of drug-likeness (QED) is 0.461. The summed E-state index contributed by atoms with van der Waals surface area (Å²) in [6.07, 6.45) is 0.128. The first kappa shape index (κ1) is 19.0. The van der Waals surface area contributed by atoms with E-state index in [1.54, 1.807) is 42.3 Å². The van der Waals surface area contributed by atoms with E-state index in [1.165, 1.54) is 13.0 Å². The number of alkyl halides is 3. The molecule has 9 heteroatoms. The lowest BCUT2D eigenvalue weighted by Gasteiger charge is -2.07. The average Bonchev–Trinajstić information content (AvgIpc) is 3.24. The molecule has 0 aliphatic heterocycles. The number of halogens is 3. The van der Waals surface area contributed by atoms with Crippen LogP contribution in [0.5, 0.6) is 0 Å². The molecule has 0 unspecified atom stereocenters. The molecule has 0 fully saturated rings. The zero-order valence-electron chi connectivity index (χ0n) is 15.6. The summed E-state index contributed by atoms with van der Waals surface area (Å²) < 4.78 is 53.3. The fraction of sp³-hybridized carbons (Fsp3) is 0.250. The first-order chi connectivity index (χ1) is 13.8. The molecule has 1 aromatic carbocycles. The molecule has 0 aliphatic rings. The Morgan fingerprint density at radius 3 is 2.66 bits per heavy atom. The maximum atomic E-state index is 13.9. The molecule has 0 bridgehead atoms. The zero-order chi connectivity index (χ0) is 20.8. The highest BCUT2D eigenvalue weighted by Gasteiger charge is 2.42. The van der Waals surface area contributed by atoms with E-state index in [1.807, 2.05) is 0 Å². The summed E-state index contributed by atoms with van der Waals surface area (Å²) in [4.78, 5) is 16.0. The first-order valence-electron chi connectivity index (χ1n) is 8.86. The fourth-order valence-corrected chi connectivity index (χ4v) is 3.32. The van der Waals surface area contributed by atoms with E-state index in [0.29, 0.717) is 17.5 Å². The molecule has 0 saturated carbocycles. The second kappa shape index (κ2) is 6.91. The van der Waals surface area contributed by atoms with Crippen molar-refractivity contribution < 1.29 is 27.1 Å². The van der Waals surface area contributed by atoms with Gasteiger partial charge in [0.25, 0.3) is 0 Å². The van der Waals surface area contributed by atoms with E-state index in [0.717, 1.165) is 5.56 Å². The van der Waals surface area contributed by atoms with Gasteiger partial charge >= 0.3 is 12.1 Å². The van der Waals surface area contributed by atoms with Crippen LogP contribution in [0.2, 0.25) is 0 Å². The van der Waals surface area contributed by atoms with Gasteiger partial charge in [0.2, 0.25) is 5.76 Å². The van der Waals surface area contributed by atoms with Gasteiger partial charge in [-0.3, -0.25) is 9.67 Å². The highest BCUT2D eigenvalue weighted by Crippen LogP contribution is 2.43. The number of hydrogen-bond acceptors (Lipinski definition) is 5. The SMILES string of the molecule is CCOC(=O)c1oc2cc(C)c3cn(Cc4ccncc4)nc3c2c1C(F)(F)F.